The number of fused-ring (bicyclic) bond motifs is 1. The number of anilines is 1. The molecule has 3 heterocycles. The lowest BCUT2D eigenvalue weighted by molar-refractivity contribution is -0.166. The Morgan fingerprint density at radius 2 is 1.68 bits per heavy atom. The molecular formula is C23H27N5O9. The first-order valence-electron chi connectivity index (χ1n) is 11.5. The fourth-order valence-electron chi connectivity index (χ4n) is 4.32. The van der Waals surface area contributed by atoms with Gasteiger partial charge in [-0.25, -0.2) is 15.0 Å². The van der Waals surface area contributed by atoms with Crippen LogP contribution in [0.2, 0.25) is 0 Å². The van der Waals surface area contributed by atoms with Gasteiger partial charge in [-0.15, -0.1) is 0 Å². The highest BCUT2D eigenvalue weighted by Gasteiger charge is 2.51. The van der Waals surface area contributed by atoms with Crippen molar-refractivity contribution >= 4 is 40.9 Å². The molecule has 6 atom stereocenters. The first-order chi connectivity index (χ1) is 17.6. The van der Waals surface area contributed by atoms with Crippen LogP contribution in [0.3, 0.4) is 0 Å². The molecule has 0 radical (unpaired) electrons. The van der Waals surface area contributed by atoms with Crippen LogP contribution in [-0.2, 0) is 42.9 Å². The number of imidazole rings is 1. The first kappa shape index (κ1) is 26.0. The van der Waals surface area contributed by atoms with E-state index < -0.39 is 54.5 Å². The van der Waals surface area contributed by atoms with Gasteiger partial charge in [0, 0.05) is 34.1 Å². The predicted molar refractivity (Wildman–Crippen MR) is 124 cm³/mol. The van der Waals surface area contributed by atoms with Gasteiger partial charge in [0.2, 0.25) is 0 Å². The SMILES string of the molecule is CC(=O)OC[C@H]1O[C@@H](n2cnc3c(N[C@H]4C=CC[C@@H]4OC(C)=O)ncnc32)[C@H](OC(C)=O)[C@@H]1OC(C)=O. The first-order valence-corrected chi connectivity index (χ1v) is 11.5. The van der Waals surface area contributed by atoms with Crippen molar-refractivity contribution in [2.75, 3.05) is 11.9 Å². The minimum atomic E-state index is -1.09. The maximum absolute atomic E-state index is 11.9. The molecule has 1 fully saturated rings. The van der Waals surface area contributed by atoms with Crippen LogP contribution in [0.5, 0.6) is 0 Å². The topological polar surface area (TPSA) is 170 Å². The fourth-order valence-corrected chi connectivity index (χ4v) is 4.32. The number of esters is 4. The van der Waals surface area contributed by atoms with Crippen LogP contribution >= 0.6 is 0 Å². The van der Waals surface area contributed by atoms with E-state index in [9.17, 15) is 19.2 Å². The van der Waals surface area contributed by atoms with Gasteiger partial charge in [-0.1, -0.05) is 12.2 Å². The van der Waals surface area contributed by atoms with Crippen LogP contribution < -0.4 is 5.32 Å². The van der Waals surface area contributed by atoms with Crippen LogP contribution in [0, 0.1) is 0 Å². The van der Waals surface area contributed by atoms with Gasteiger partial charge < -0.3 is 29.0 Å². The molecule has 0 amide bonds. The van der Waals surface area contributed by atoms with Gasteiger partial charge in [0.25, 0.3) is 0 Å². The van der Waals surface area contributed by atoms with E-state index in [4.69, 9.17) is 23.7 Å². The van der Waals surface area contributed by atoms with Crippen LogP contribution in [-0.4, -0.2) is 80.5 Å². The summed E-state index contributed by atoms with van der Waals surface area (Å²) in [5.74, 6) is -1.82. The van der Waals surface area contributed by atoms with Crippen molar-refractivity contribution in [3.63, 3.8) is 0 Å². The number of carbonyl (C=O) groups is 4. The quantitative estimate of drug-likeness (QED) is 0.297. The predicted octanol–water partition coefficient (Wildman–Crippen LogP) is 0.822. The molecule has 2 aromatic heterocycles. The summed E-state index contributed by atoms with van der Waals surface area (Å²) in [5, 5.41) is 3.22. The average molecular weight is 517 g/mol. The summed E-state index contributed by atoms with van der Waals surface area (Å²) in [6.07, 6.45) is 2.59. The lowest BCUT2D eigenvalue weighted by Crippen LogP contribution is -2.40. The monoisotopic (exact) mass is 517 g/mol. The van der Waals surface area contributed by atoms with Crippen molar-refractivity contribution in [3.05, 3.63) is 24.8 Å². The highest BCUT2D eigenvalue weighted by atomic mass is 16.7. The summed E-state index contributed by atoms with van der Waals surface area (Å²) >= 11 is 0. The molecule has 0 spiro atoms. The number of aromatic nitrogens is 4. The zero-order valence-electron chi connectivity index (χ0n) is 20.7. The highest BCUT2D eigenvalue weighted by molar-refractivity contribution is 5.83. The summed E-state index contributed by atoms with van der Waals surface area (Å²) in [5.41, 5.74) is 0.711. The Kier molecular flexibility index (Phi) is 7.66. The van der Waals surface area contributed by atoms with Crippen LogP contribution in [0.15, 0.2) is 24.8 Å². The summed E-state index contributed by atoms with van der Waals surface area (Å²) in [6, 6.07) is -0.329. The number of ether oxygens (including phenoxy) is 5. The molecule has 0 saturated carbocycles. The Balaban J connectivity index is 1.66. The second-order valence-corrected chi connectivity index (χ2v) is 8.54. The van der Waals surface area contributed by atoms with Crippen molar-refractivity contribution in [1.82, 2.24) is 19.5 Å². The van der Waals surface area contributed by atoms with Crippen molar-refractivity contribution in [2.24, 2.45) is 0 Å². The maximum Gasteiger partial charge on any atom is 0.303 e. The Morgan fingerprint density at radius 3 is 2.35 bits per heavy atom. The molecule has 37 heavy (non-hydrogen) atoms. The third-order valence-electron chi connectivity index (χ3n) is 5.71. The van der Waals surface area contributed by atoms with Gasteiger partial charge in [0.15, 0.2) is 35.4 Å². The van der Waals surface area contributed by atoms with Crippen LogP contribution in [0.4, 0.5) is 5.82 Å². The second kappa shape index (κ2) is 10.9. The summed E-state index contributed by atoms with van der Waals surface area (Å²) in [6.45, 7) is 4.77. The molecule has 198 valence electrons. The van der Waals surface area contributed by atoms with Crippen molar-refractivity contribution in [2.45, 2.75) is 70.8 Å². The number of hydrogen-bond acceptors (Lipinski definition) is 13. The molecule has 2 aliphatic rings. The maximum atomic E-state index is 11.9. The average Bonchev–Trinajstić information content (AvgIpc) is 3.51. The van der Waals surface area contributed by atoms with Gasteiger partial charge in [0.05, 0.1) is 12.4 Å². The van der Waals surface area contributed by atoms with E-state index in [0.29, 0.717) is 23.4 Å². The van der Waals surface area contributed by atoms with Gasteiger partial charge in [-0.2, -0.15) is 0 Å². The van der Waals surface area contributed by atoms with Gasteiger partial charge >= 0.3 is 23.9 Å². The second-order valence-electron chi connectivity index (χ2n) is 8.54. The zero-order valence-corrected chi connectivity index (χ0v) is 20.7. The van der Waals surface area contributed by atoms with E-state index in [1.807, 2.05) is 12.2 Å². The van der Waals surface area contributed by atoms with E-state index in [2.05, 4.69) is 20.3 Å². The summed E-state index contributed by atoms with van der Waals surface area (Å²) in [7, 11) is 0. The van der Waals surface area contributed by atoms with E-state index in [-0.39, 0.29) is 12.6 Å². The van der Waals surface area contributed by atoms with Crippen molar-refractivity contribution < 1.29 is 42.9 Å². The molecule has 1 aliphatic heterocycles. The normalized spacial score (nSPS) is 26.6. The molecule has 2 aromatic rings. The van der Waals surface area contributed by atoms with Crippen molar-refractivity contribution in [3.8, 4) is 0 Å². The molecule has 4 rings (SSSR count). The Labute approximate surface area is 211 Å². The van der Waals surface area contributed by atoms with Gasteiger partial charge in [-0.3, -0.25) is 23.7 Å². The fraction of sp³-hybridized carbons (Fsp3) is 0.522. The summed E-state index contributed by atoms with van der Waals surface area (Å²) in [4.78, 5) is 59.6. The Hall–Kier alpha value is -4.07. The van der Waals surface area contributed by atoms with E-state index >= 15 is 0 Å². The molecule has 1 aliphatic carbocycles. The number of rotatable bonds is 8. The van der Waals surface area contributed by atoms with Crippen LogP contribution in [0.25, 0.3) is 11.2 Å². The number of carbonyl (C=O) groups excluding carboxylic acids is 4. The molecule has 0 aromatic carbocycles. The highest BCUT2D eigenvalue weighted by Crippen LogP contribution is 2.36. The third-order valence-corrected chi connectivity index (χ3v) is 5.71. The van der Waals surface area contributed by atoms with Gasteiger partial charge in [-0.05, 0) is 0 Å². The molecule has 1 saturated heterocycles. The summed E-state index contributed by atoms with van der Waals surface area (Å²) < 4.78 is 28.9. The minimum Gasteiger partial charge on any atom is -0.463 e. The Bertz CT molecular complexity index is 1230. The molecule has 0 bridgehead atoms. The molecule has 1 N–H and O–H groups in total. The smallest absolute Gasteiger partial charge is 0.303 e. The number of hydrogen-bond donors (Lipinski definition) is 1. The van der Waals surface area contributed by atoms with E-state index in [0.717, 1.165) is 0 Å². The molecular weight excluding hydrogens is 490 g/mol. The van der Waals surface area contributed by atoms with E-state index in [1.165, 1.54) is 44.9 Å². The lowest BCUT2D eigenvalue weighted by Gasteiger charge is -2.23. The number of nitrogens with zero attached hydrogens (tertiary/aromatic N) is 4. The molecule has 0 unspecified atom stereocenters. The minimum absolute atomic E-state index is 0.235. The lowest BCUT2D eigenvalue weighted by atomic mass is 10.1. The number of nitrogens with one attached hydrogen (secondary N) is 1. The molecule has 14 nitrogen and oxygen atoms in total. The largest absolute Gasteiger partial charge is 0.463 e. The van der Waals surface area contributed by atoms with Crippen LogP contribution in [0.1, 0.15) is 40.3 Å². The van der Waals surface area contributed by atoms with Gasteiger partial charge in [0.1, 0.15) is 25.1 Å². The third kappa shape index (κ3) is 5.85. The van der Waals surface area contributed by atoms with Crippen molar-refractivity contribution in [1.29, 1.82) is 0 Å². The van der Waals surface area contributed by atoms with E-state index in [1.54, 1.807) is 0 Å². The standard InChI is InChI=1S/C23H27N5O9/c1-11(29)33-8-17-19(35-13(3)31)20(36-14(4)32)23(37-17)28-10-26-18-21(24-9-25-22(18)28)27-15-6-5-7-16(15)34-12(2)30/h5-6,9-10,15-17,19-20,23H,7-8H2,1-4H3,(H,24,25,27)/t15-,16-,17+,19+,20+,23+/m0/s1. The Morgan fingerprint density at radius 1 is 0.973 bits per heavy atom. The molecule has 14 heteroatoms. The zero-order chi connectivity index (χ0) is 26.7.